The largest absolute Gasteiger partial charge is 0.472 e. The first-order valence-electron chi connectivity index (χ1n) is 11.6. The number of hydrogen-bond donors (Lipinski definition) is 0. The Kier molecular flexibility index (Phi) is 4.04. The van der Waals surface area contributed by atoms with Crippen molar-refractivity contribution in [1.29, 1.82) is 0 Å². The van der Waals surface area contributed by atoms with Gasteiger partial charge < -0.3 is 9.64 Å². The van der Waals surface area contributed by atoms with Crippen molar-refractivity contribution < 1.29 is 9.53 Å². The second-order valence-corrected chi connectivity index (χ2v) is 9.52. The molecular formula is C26H22N6O2. The van der Waals surface area contributed by atoms with Gasteiger partial charge >= 0.3 is 0 Å². The Bertz CT molecular complexity index is 1440. The normalized spacial score (nSPS) is 26.5. The van der Waals surface area contributed by atoms with Crippen molar-refractivity contribution in [1.82, 2.24) is 29.8 Å². The molecule has 0 N–H and O–H groups in total. The van der Waals surface area contributed by atoms with Crippen molar-refractivity contribution in [2.75, 3.05) is 6.54 Å². The number of aromatic nitrogens is 5. The van der Waals surface area contributed by atoms with E-state index in [1.807, 2.05) is 48.2 Å². The van der Waals surface area contributed by atoms with E-state index in [1.54, 1.807) is 24.7 Å². The minimum Gasteiger partial charge on any atom is -0.472 e. The first kappa shape index (κ1) is 19.5. The minimum absolute atomic E-state index is 0.0260. The average Bonchev–Trinajstić information content (AvgIpc) is 3.52. The number of aryl methyl sites for hydroxylation is 1. The van der Waals surface area contributed by atoms with Crippen LogP contribution in [0.2, 0.25) is 0 Å². The molecule has 1 amide bonds. The molecule has 1 saturated heterocycles. The summed E-state index contributed by atoms with van der Waals surface area (Å²) in [7, 11) is 0. The second kappa shape index (κ2) is 7.03. The van der Waals surface area contributed by atoms with Crippen molar-refractivity contribution in [3.63, 3.8) is 0 Å². The number of carbonyl (C=O) groups is 1. The van der Waals surface area contributed by atoms with Gasteiger partial charge in [-0.1, -0.05) is 0 Å². The van der Waals surface area contributed by atoms with Gasteiger partial charge in [-0.05, 0) is 62.1 Å². The van der Waals surface area contributed by atoms with Crippen LogP contribution in [0.15, 0.2) is 61.1 Å². The summed E-state index contributed by atoms with van der Waals surface area (Å²) in [6, 6.07) is 13.3. The fourth-order valence-electron chi connectivity index (χ4n) is 5.88. The van der Waals surface area contributed by atoms with Gasteiger partial charge in [0.15, 0.2) is 11.5 Å². The molecule has 2 saturated carbocycles. The number of fused-ring (bicyclic) bond motifs is 1. The summed E-state index contributed by atoms with van der Waals surface area (Å²) in [5.41, 5.74) is 2.69. The summed E-state index contributed by atoms with van der Waals surface area (Å²) in [5.74, 6) is 1.51. The number of carbonyl (C=O) groups excluding carboxylic acids is 1. The summed E-state index contributed by atoms with van der Waals surface area (Å²) >= 11 is 0. The van der Waals surface area contributed by atoms with Crippen molar-refractivity contribution in [2.45, 2.75) is 31.9 Å². The highest BCUT2D eigenvalue weighted by Gasteiger charge is 2.76. The van der Waals surface area contributed by atoms with Crippen LogP contribution in [0.3, 0.4) is 0 Å². The smallest absolute Gasteiger partial charge is 0.273 e. The number of nitrogens with zero attached hydrogens (tertiary/aromatic N) is 6. The molecular weight excluding hydrogens is 428 g/mol. The van der Waals surface area contributed by atoms with Crippen LogP contribution < -0.4 is 4.74 Å². The Morgan fingerprint density at radius 1 is 1.00 bits per heavy atom. The van der Waals surface area contributed by atoms with E-state index in [9.17, 15) is 4.79 Å². The van der Waals surface area contributed by atoms with E-state index in [0.29, 0.717) is 34.5 Å². The van der Waals surface area contributed by atoms with E-state index in [-0.39, 0.29) is 23.5 Å². The monoisotopic (exact) mass is 450 g/mol. The molecule has 168 valence electrons. The standard InChI is InChI=1S/C26H22N6O2/c1-15-5-7-18(24-28-10-3-11-29-24)21(30-15)25(33)32-14-17-12-26(17)13-19(22(26)32)34-20-8-6-16-4-2-9-27-23(16)31-20/h2-11,17,19,22H,12-14H2,1H3. The summed E-state index contributed by atoms with van der Waals surface area (Å²) in [4.78, 5) is 38.1. The van der Waals surface area contributed by atoms with Crippen LogP contribution >= 0.6 is 0 Å². The average molecular weight is 451 g/mol. The van der Waals surface area contributed by atoms with E-state index in [2.05, 4.69) is 24.9 Å². The predicted octanol–water partition coefficient (Wildman–Crippen LogP) is 3.47. The second-order valence-electron chi connectivity index (χ2n) is 9.52. The maximum absolute atomic E-state index is 13.8. The zero-order valence-electron chi connectivity index (χ0n) is 18.6. The van der Waals surface area contributed by atoms with E-state index in [0.717, 1.165) is 30.5 Å². The fraction of sp³-hybridized carbons (Fsp3) is 0.308. The van der Waals surface area contributed by atoms with Crippen molar-refractivity contribution >= 4 is 16.9 Å². The Balaban J connectivity index is 1.19. The lowest BCUT2D eigenvalue weighted by Crippen LogP contribution is -2.59. The zero-order valence-corrected chi connectivity index (χ0v) is 18.6. The lowest BCUT2D eigenvalue weighted by Gasteiger charge is -2.46. The van der Waals surface area contributed by atoms with Gasteiger partial charge in [-0.25, -0.2) is 19.9 Å². The maximum atomic E-state index is 13.8. The fourth-order valence-corrected chi connectivity index (χ4v) is 5.88. The summed E-state index contributed by atoms with van der Waals surface area (Å²) < 4.78 is 6.33. The molecule has 8 heteroatoms. The number of ether oxygens (including phenoxy) is 1. The van der Waals surface area contributed by atoms with Crippen LogP contribution in [-0.2, 0) is 0 Å². The number of amides is 1. The third-order valence-electron chi connectivity index (χ3n) is 7.57. The number of pyridine rings is 3. The number of piperidine rings is 1. The van der Waals surface area contributed by atoms with Gasteiger partial charge in [0.2, 0.25) is 5.88 Å². The highest BCUT2D eigenvalue weighted by molar-refractivity contribution is 5.99. The Morgan fingerprint density at radius 3 is 2.74 bits per heavy atom. The predicted molar refractivity (Wildman–Crippen MR) is 124 cm³/mol. The third-order valence-corrected chi connectivity index (χ3v) is 7.57. The topological polar surface area (TPSA) is 94.0 Å². The van der Waals surface area contributed by atoms with Crippen molar-refractivity contribution in [2.24, 2.45) is 11.3 Å². The van der Waals surface area contributed by atoms with Gasteiger partial charge in [0.05, 0.1) is 11.6 Å². The number of rotatable bonds is 4. The van der Waals surface area contributed by atoms with E-state index < -0.39 is 0 Å². The Labute approximate surface area is 196 Å². The van der Waals surface area contributed by atoms with Gasteiger partial charge in [-0.15, -0.1) is 0 Å². The van der Waals surface area contributed by atoms with Gasteiger partial charge in [0.25, 0.3) is 5.91 Å². The van der Waals surface area contributed by atoms with Crippen LogP contribution in [0.4, 0.5) is 0 Å². The van der Waals surface area contributed by atoms with Crippen molar-refractivity contribution in [3.8, 4) is 17.3 Å². The molecule has 4 aromatic heterocycles. The molecule has 2 aliphatic carbocycles. The molecule has 1 spiro atoms. The Morgan fingerprint density at radius 2 is 1.85 bits per heavy atom. The molecule has 0 aromatic carbocycles. The zero-order chi connectivity index (χ0) is 22.9. The molecule has 4 atom stereocenters. The molecule has 3 fully saturated rings. The molecule has 4 aromatic rings. The van der Waals surface area contributed by atoms with Crippen LogP contribution in [0.5, 0.6) is 5.88 Å². The molecule has 8 nitrogen and oxygen atoms in total. The van der Waals surface area contributed by atoms with E-state index in [4.69, 9.17) is 4.74 Å². The van der Waals surface area contributed by atoms with Gasteiger partial charge in [0.1, 0.15) is 11.8 Å². The van der Waals surface area contributed by atoms with Gasteiger partial charge in [-0.2, -0.15) is 4.98 Å². The molecule has 1 aliphatic heterocycles. The first-order chi connectivity index (χ1) is 16.6. The highest BCUT2D eigenvalue weighted by Crippen LogP contribution is 2.71. The summed E-state index contributed by atoms with van der Waals surface area (Å²) in [6.07, 6.45) is 7.10. The van der Waals surface area contributed by atoms with Crippen LogP contribution in [0.25, 0.3) is 22.4 Å². The molecule has 7 rings (SSSR count). The molecule has 0 radical (unpaired) electrons. The molecule has 5 heterocycles. The summed E-state index contributed by atoms with van der Waals surface area (Å²) in [5, 5.41) is 0.973. The third kappa shape index (κ3) is 2.84. The maximum Gasteiger partial charge on any atom is 0.273 e. The summed E-state index contributed by atoms with van der Waals surface area (Å²) in [6.45, 7) is 2.63. The molecule has 3 aliphatic rings. The number of hydrogen-bond acceptors (Lipinski definition) is 7. The van der Waals surface area contributed by atoms with Crippen LogP contribution in [0, 0.1) is 18.3 Å². The van der Waals surface area contributed by atoms with Crippen molar-refractivity contribution in [3.05, 3.63) is 72.4 Å². The van der Waals surface area contributed by atoms with E-state index >= 15 is 0 Å². The van der Waals surface area contributed by atoms with Gasteiger partial charge in [-0.3, -0.25) is 4.79 Å². The quantitative estimate of drug-likeness (QED) is 0.470. The first-order valence-corrected chi connectivity index (χ1v) is 11.6. The highest BCUT2D eigenvalue weighted by atomic mass is 16.5. The number of likely N-dealkylation sites (tertiary alicyclic amines) is 1. The van der Waals surface area contributed by atoms with Crippen LogP contribution in [-0.4, -0.2) is 54.4 Å². The molecule has 4 unspecified atom stereocenters. The van der Waals surface area contributed by atoms with Crippen LogP contribution in [0.1, 0.15) is 29.0 Å². The lowest BCUT2D eigenvalue weighted by molar-refractivity contribution is -0.0345. The molecule has 34 heavy (non-hydrogen) atoms. The SMILES string of the molecule is Cc1ccc(-c2ncccn2)c(C(=O)N2CC3CC34CC(Oc3ccc5cccnc5n3)C24)n1. The molecule has 0 bridgehead atoms. The Hall–Kier alpha value is -3.94. The van der Waals surface area contributed by atoms with Gasteiger partial charge in [0, 0.05) is 47.7 Å². The van der Waals surface area contributed by atoms with E-state index in [1.165, 1.54) is 0 Å². The minimum atomic E-state index is -0.0913. The lowest BCUT2D eigenvalue weighted by atomic mass is 9.73.